The molecule has 33 heavy (non-hydrogen) atoms. The number of anilines is 1. The molecule has 6 nitrogen and oxygen atoms in total. The first-order valence-electron chi connectivity index (χ1n) is 10.2. The Balaban J connectivity index is 1.42. The van der Waals surface area contributed by atoms with Gasteiger partial charge in [0.05, 0.1) is 10.7 Å². The van der Waals surface area contributed by atoms with E-state index in [-0.39, 0.29) is 24.7 Å². The van der Waals surface area contributed by atoms with Gasteiger partial charge in [-0.2, -0.15) is 5.10 Å². The quantitative estimate of drug-likeness (QED) is 0.270. The Hall–Kier alpha value is -3.16. The molecule has 3 aromatic rings. The number of nitrogens with one attached hydrogen (secondary N) is 2. The number of hydrogen-bond donors (Lipinski definition) is 2. The molecule has 8 heteroatoms. The van der Waals surface area contributed by atoms with Gasteiger partial charge in [-0.15, -0.1) is 0 Å². The lowest BCUT2D eigenvalue weighted by molar-refractivity contribution is -0.124. The van der Waals surface area contributed by atoms with E-state index in [0.717, 1.165) is 15.6 Å². The maximum atomic E-state index is 12.0. The highest BCUT2D eigenvalue weighted by Gasteiger charge is 2.07. The molecule has 0 heterocycles. The third-order valence-corrected chi connectivity index (χ3v) is 5.42. The van der Waals surface area contributed by atoms with Gasteiger partial charge in [-0.1, -0.05) is 47.5 Å². The molecular weight excluding hydrogens is 506 g/mol. The molecular formula is C25H23BrClN3O3. The summed E-state index contributed by atoms with van der Waals surface area (Å²) in [7, 11) is 0. The van der Waals surface area contributed by atoms with Crippen molar-refractivity contribution in [3.8, 4) is 5.75 Å². The Morgan fingerprint density at radius 2 is 1.79 bits per heavy atom. The third kappa shape index (κ3) is 8.36. The second kappa shape index (κ2) is 12.2. The minimum absolute atomic E-state index is 0.0131. The van der Waals surface area contributed by atoms with Crippen LogP contribution >= 0.6 is 27.5 Å². The van der Waals surface area contributed by atoms with Gasteiger partial charge in [-0.3, -0.25) is 9.59 Å². The molecule has 3 rings (SSSR count). The van der Waals surface area contributed by atoms with Gasteiger partial charge in [0.2, 0.25) is 11.8 Å². The standard InChI is InChI=1S/C25H23BrClN3O3/c1-17-5-7-18(8-6-17)16-33-23-10-9-19(13-22(23)26)15-28-30-25(32)12-11-24(31)29-21-4-2-3-20(27)14-21/h2-10,13-15H,11-12,16H2,1H3,(H,29,31)(H,30,32). The summed E-state index contributed by atoms with van der Waals surface area (Å²) in [5.41, 5.74) is 6.08. The fourth-order valence-corrected chi connectivity index (χ4v) is 3.51. The molecule has 0 spiro atoms. The minimum atomic E-state index is -0.357. The monoisotopic (exact) mass is 527 g/mol. The highest BCUT2D eigenvalue weighted by molar-refractivity contribution is 9.10. The van der Waals surface area contributed by atoms with Crippen LogP contribution in [0.25, 0.3) is 0 Å². The molecule has 170 valence electrons. The van der Waals surface area contributed by atoms with E-state index >= 15 is 0 Å². The van der Waals surface area contributed by atoms with E-state index in [1.54, 1.807) is 24.3 Å². The number of benzene rings is 3. The third-order valence-electron chi connectivity index (χ3n) is 4.56. The molecule has 0 aliphatic rings. The van der Waals surface area contributed by atoms with Crippen LogP contribution in [0.1, 0.15) is 29.5 Å². The summed E-state index contributed by atoms with van der Waals surface area (Å²) in [4.78, 5) is 23.9. The molecule has 0 fully saturated rings. The van der Waals surface area contributed by atoms with E-state index in [4.69, 9.17) is 16.3 Å². The molecule has 0 aliphatic heterocycles. The molecule has 0 saturated heterocycles. The Kier molecular flexibility index (Phi) is 9.04. The van der Waals surface area contributed by atoms with Crippen molar-refractivity contribution in [3.63, 3.8) is 0 Å². The maximum absolute atomic E-state index is 12.0. The number of hydrogen-bond acceptors (Lipinski definition) is 4. The van der Waals surface area contributed by atoms with Gasteiger partial charge >= 0.3 is 0 Å². The van der Waals surface area contributed by atoms with Crippen LogP contribution in [0.4, 0.5) is 5.69 Å². The zero-order chi connectivity index (χ0) is 23.6. The van der Waals surface area contributed by atoms with Crippen LogP contribution in [0.15, 0.2) is 76.3 Å². The minimum Gasteiger partial charge on any atom is -0.488 e. The summed E-state index contributed by atoms with van der Waals surface area (Å²) >= 11 is 9.39. The van der Waals surface area contributed by atoms with Crippen molar-refractivity contribution < 1.29 is 14.3 Å². The predicted octanol–water partition coefficient (Wildman–Crippen LogP) is 5.86. The summed E-state index contributed by atoms with van der Waals surface area (Å²) in [6.07, 6.45) is 1.57. The zero-order valence-corrected chi connectivity index (χ0v) is 20.3. The van der Waals surface area contributed by atoms with Crippen LogP contribution in [0.3, 0.4) is 0 Å². The molecule has 0 aliphatic carbocycles. The predicted molar refractivity (Wildman–Crippen MR) is 135 cm³/mol. The number of nitrogens with zero attached hydrogens (tertiary/aromatic N) is 1. The first-order chi connectivity index (χ1) is 15.9. The first-order valence-corrected chi connectivity index (χ1v) is 11.4. The lowest BCUT2D eigenvalue weighted by Crippen LogP contribution is -2.20. The van der Waals surface area contributed by atoms with Crippen molar-refractivity contribution in [2.24, 2.45) is 5.10 Å². The van der Waals surface area contributed by atoms with Crippen LogP contribution < -0.4 is 15.5 Å². The normalized spacial score (nSPS) is 10.8. The van der Waals surface area contributed by atoms with E-state index in [0.29, 0.717) is 23.1 Å². The number of halogens is 2. The first kappa shape index (κ1) is 24.5. The molecule has 0 atom stereocenters. The Morgan fingerprint density at radius 3 is 2.52 bits per heavy atom. The molecule has 2 amide bonds. The highest BCUT2D eigenvalue weighted by Crippen LogP contribution is 2.26. The number of carbonyl (C=O) groups is 2. The van der Waals surface area contributed by atoms with Gasteiger partial charge in [0.1, 0.15) is 12.4 Å². The summed E-state index contributed by atoms with van der Waals surface area (Å²) in [6, 6.07) is 20.5. The van der Waals surface area contributed by atoms with Crippen molar-refractivity contribution in [2.75, 3.05) is 5.32 Å². The van der Waals surface area contributed by atoms with E-state index < -0.39 is 0 Å². The number of rotatable bonds is 9. The summed E-state index contributed by atoms with van der Waals surface area (Å²) in [5.74, 6) is 0.0774. The van der Waals surface area contributed by atoms with Crippen molar-refractivity contribution in [3.05, 3.63) is 92.9 Å². The van der Waals surface area contributed by atoms with Gasteiger partial charge in [0, 0.05) is 23.6 Å². The topological polar surface area (TPSA) is 79.8 Å². The number of aryl methyl sites for hydroxylation is 1. The van der Waals surface area contributed by atoms with Crippen LogP contribution in [-0.4, -0.2) is 18.0 Å². The lowest BCUT2D eigenvalue weighted by atomic mass is 10.2. The van der Waals surface area contributed by atoms with E-state index in [1.807, 2.05) is 49.4 Å². The van der Waals surface area contributed by atoms with Crippen LogP contribution in [-0.2, 0) is 16.2 Å². The van der Waals surface area contributed by atoms with Crippen molar-refractivity contribution >= 4 is 51.2 Å². The van der Waals surface area contributed by atoms with E-state index in [1.165, 1.54) is 11.8 Å². The van der Waals surface area contributed by atoms with Gasteiger partial charge in [0.25, 0.3) is 0 Å². The summed E-state index contributed by atoms with van der Waals surface area (Å²) in [5, 5.41) is 7.17. The summed E-state index contributed by atoms with van der Waals surface area (Å²) in [6.45, 7) is 2.51. The van der Waals surface area contributed by atoms with Gasteiger partial charge < -0.3 is 10.1 Å². The lowest BCUT2D eigenvalue weighted by Gasteiger charge is -2.09. The molecule has 0 saturated carbocycles. The van der Waals surface area contributed by atoms with E-state index in [2.05, 4.69) is 31.8 Å². The SMILES string of the molecule is Cc1ccc(COc2ccc(C=NNC(=O)CCC(=O)Nc3cccc(Cl)c3)cc2Br)cc1. The molecule has 3 aromatic carbocycles. The van der Waals surface area contributed by atoms with Crippen LogP contribution in [0.2, 0.25) is 5.02 Å². The average Bonchev–Trinajstić information content (AvgIpc) is 2.78. The fraction of sp³-hybridized carbons (Fsp3) is 0.160. The number of ether oxygens (including phenoxy) is 1. The van der Waals surface area contributed by atoms with Gasteiger partial charge in [0.15, 0.2) is 0 Å². The molecule has 0 aromatic heterocycles. The molecule has 0 bridgehead atoms. The zero-order valence-electron chi connectivity index (χ0n) is 18.0. The maximum Gasteiger partial charge on any atom is 0.240 e. The van der Waals surface area contributed by atoms with Crippen molar-refractivity contribution in [2.45, 2.75) is 26.4 Å². The van der Waals surface area contributed by atoms with E-state index in [9.17, 15) is 9.59 Å². The molecule has 2 N–H and O–H groups in total. The number of hydrazone groups is 1. The second-order valence-electron chi connectivity index (χ2n) is 7.32. The van der Waals surface area contributed by atoms with Gasteiger partial charge in [-0.25, -0.2) is 5.43 Å². The fourth-order valence-electron chi connectivity index (χ4n) is 2.81. The Morgan fingerprint density at radius 1 is 1.03 bits per heavy atom. The van der Waals surface area contributed by atoms with Crippen molar-refractivity contribution in [1.82, 2.24) is 5.43 Å². The summed E-state index contributed by atoms with van der Waals surface area (Å²) < 4.78 is 6.64. The van der Waals surface area contributed by atoms with Crippen LogP contribution in [0, 0.1) is 6.92 Å². The Bertz CT molecular complexity index is 1150. The average molecular weight is 529 g/mol. The second-order valence-corrected chi connectivity index (χ2v) is 8.61. The molecule has 0 radical (unpaired) electrons. The van der Waals surface area contributed by atoms with Gasteiger partial charge in [-0.05, 0) is 70.4 Å². The van der Waals surface area contributed by atoms with Crippen molar-refractivity contribution in [1.29, 1.82) is 0 Å². The smallest absolute Gasteiger partial charge is 0.240 e. The molecule has 0 unspecified atom stereocenters. The number of carbonyl (C=O) groups excluding carboxylic acids is 2. The largest absolute Gasteiger partial charge is 0.488 e. The highest BCUT2D eigenvalue weighted by atomic mass is 79.9. The Labute approximate surface area is 206 Å². The number of amides is 2. The van der Waals surface area contributed by atoms with Crippen LogP contribution in [0.5, 0.6) is 5.75 Å².